The molecule has 2 unspecified atom stereocenters. The first kappa shape index (κ1) is 4.94. The molecule has 2 nitrogen and oxygen atoms in total. The third-order valence-corrected chi connectivity index (χ3v) is 3.96. The topological polar surface area (TPSA) is 29.1 Å². The fraction of sp³-hybridized carbons (Fsp3) is 1.00. The summed E-state index contributed by atoms with van der Waals surface area (Å²) in [4.78, 5) is 0. The van der Waals surface area contributed by atoms with Gasteiger partial charge in [-0.3, -0.25) is 4.21 Å². The first-order valence-corrected chi connectivity index (χ1v) is 4.25. The van der Waals surface area contributed by atoms with E-state index in [0.29, 0.717) is 10.5 Å². The number of rotatable bonds is 0. The smallest absolute Gasteiger partial charge is 0.0487 e. The van der Waals surface area contributed by atoms with Crippen molar-refractivity contribution in [2.45, 2.75) is 16.9 Å². The summed E-state index contributed by atoms with van der Waals surface area (Å²) in [5.74, 6) is 0. The molecular weight excluding hydrogens is 122 g/mol. The fourth-order valence-electron chi connectivity index (χ4n) is 1.37. The minimum Gasteiger partial charge on any atom is -0.314 e. The monoisotopic (exact) mass is 131 g/mol. The molecule has 2 atom stereocenters. The first-order valence-electron chi connectivity index (χ1n) is 2.98. The summed E-state index contributed by atoms with van der Waals surface area (Å²) in [6.07, 6.45) is 1.21. The lowest BCUT2D eigenvalue weighted by molar-refractivity contribution is 0.470. The van der Waals surface area contributed by atoms with Crippen LogP contribution in [0.4, 0.5) is 0 Å². The van der Waals surface area contributed by atoms with Gasteiger partial charge in [0.25, 0.3) is 0 Å². The second-order valence-corrected chi connectivity index (χ2v) is 4.46. The highest BCUT2D eigenvalue weighted by atomic mass is 32.2. The van der Waals surface area contributed by atoms with E-state index in [0.717, 1.165) is 13.1 Å². The van der Waals surface area contributed by atoms with Gasteiger partial charge in [-0.25, -0.2) is 0 Å². The molecule has 3 rings (SSSR count). The summed E-state index contributed by atoms with van der Waals surface area (Å²) < 4.78 is 10.9. The average Bonchev–Trinajstić information content (AvgIpc) is 1.89. The van der Waals surface area contributed by atoms with Crippen molar-refractivity contribution in [3.63, 3.8) is 0 Å². The highest BCUT2D eigenvalue weighted by Gasteiger charge is 2.40. The molecule has 3 aliphatic heterocycles. The highest BCUT2D eigenvalue weighted by molar-refractivity contribution is 7.87. The molecule has 0 radical (unpaired) electrons. The van der Waals surface area contributed by atoms with Crippen molar-refractivity contribution >= 4 is 10.8 Å². The summed E-state index contributed by atoms with van der Waals surface area (Å²) in [7, 11) is -0.450. The van der Waals surface area contributed by atoms with Crippen molar-refractivity contribution < 1.29 is 4.21 Å². The Kier molecular flexibility index (Phi) is 0.954. The maximum Gasteiger partial charge on any atom is 0.0487 e. The number of nitrogens with one attached hydrogen (secondary N) is 1. The molecule has 3 heterocycles. The Morgan fingerprint density at radius 1 is 1.38 bits per heavy atom. The molecule has 0 amide bonds. The minimum absolute atomic E-state index is 0.450. The van der Waals surface area contributed by atoms with Crippen molar-refractivity contribution in [2.24, 2.45) is 0 Å². The summed E-state index contributed by atoms with van der Waals surface area (Å²) in [6, 6.07) is 0. The normalized spacial score (nSPS) is 52.8. The molecule has 0 aliphatic carbocycles. The Balaban J connectivity index is 2.13. The quantitative estimate of drug-likeness (QED) is 0.479. The summed E-state index contributed by atoms with van der Waals surface area (Å²) in [5.41, 5.74) is 0. The third-order valence-electron chi connectivity index (χ3n) is 1.93. The van der Waals surface area contributed by atoms with E-state index >= 15 is 0 Å². The minimum atomic E-state index is -0.450. The Morgan fingerprint density at radius 3 is 2.25 bits per heavy atom. The molecule has 1 N–H and O–H groups in total. The van der Waals surface area contributed by atoms with Crippen LogP contribution < -0.4 is 5.32 Å². The van der Waals surface area contributed by atoms with E-state index in [1.807, 2.05) is 0 Å². The van der Waals surface area contributed by atoms with Gasteiger partial charge in [0.1, 0.15) is 0 Å². The van der Waals surface area contributed by atoms with Gasteiger partial charge in [0.05, 0.1) is 0 Å². The van der Waals surface area contributed by atoms with Gasteiger partial charge in [0, 0.05) is 34.4 Å². The van der Waals surface area contributed by atoms with E-state index in [-0.39, 0.29) is 0 Å². The molecule has 3 fully saturated rings. The Labute approximate surface area is 51.1 Å². The van der Waals surface area contributed by atoms with Crippen LogP contribution in [0.3, 0.4) is 0 Å². The summed E-state index contributed by atoms with van der Waals surface area (Å²) in [6.45, 7) is 1.98. The second-order valence-electron chi connectivity index (χ2n) is 2.47. The van der Waals surface area contributed by atoms with Crippen molar-refractivity contribution in [1.82, 2.24) is 5.32 Å². The van der Waals surface area contributed by atoms with Crippen LogP contribution in [0.5, 0.6) is 0 Å². The molecule has 8 heavy (non-hydrogen) atoms. The summed E-state index contributed by atoms with van der Waals surface area (Å²) >= 11 is 0. The molecule has 3 saturated heterocycles. The Bertz CT molecular complexity index is 120. The number of piperidine rings is 1. The number of hydrogen-bond acceptors (Lipinski definition) is 2. The maximum atomic E-state index is 10.9. The van der Waals surface area contributed by atoms with Crippen LogP contribution in [0, 0.1) is 0 Å². The van der Waals surface area contributed by atoms with Crippen LogP contribution in [0.2, 0.25) is 0 Å². The van der Waals surface area contributed by atoms with Gasteiger partial charge in [-0.2, -0.15) is 0 Å². The van der Waals surface area contributed by atoms with Crippen molar-refractivity contribution in [1.29, 1.82) is 0 Å². The molecule has 0 spiro atoms. The van der Waals surface area contributed by atoms with Gasteiger partial charge in [-0.05, 0) is 6.42 Å². The van der Waals surface area contributed by atoms with Crippen molar-refractivity contribution in [2.75, 3.05) is 13.1 Å². The number of hydrogen-bond donors (Lipinski definition) is 1. The predicted molar refractivity (Wildman–Crippen MR) is 33.2 cm³/mol. The number of fused-ring (bicyclic) bond motifs is 2. The molecular formula is C5H9NOS. The molecule has 3 aliphatic rings. The van der Waals surface area contributed by atoms with Crippen molar-refractivity contribution in [3.05, 3.63) is 0 Å². The molecule has 2 bridgehead atoms. The van der Waals surface area contributed by atoms with E-state index < -0.39 is 10.8 Å². The van der Waals surface area contributed by atoms with Gasteiger partial charge < -0.3 is 5.32 Å². The van der Waals surface area contributed by atoms with Gasteiger partial charge in [-0.15, -0.1) is 0 Å². The Morgan fingerprint density at radius 2 is 2.00 bits per heavy atom. The standard InChI is InChI=1S/C5H9NOS/c7-8-4-1-5(8)3-6-2-4/h4-6H,1-3H2. The SMILES string of the molecule is O=S1C2CNCC1C2. The fourth-order valence-corrected chi connectivity index (χ4v) is 2.96. The van der Waals surface area contributed by atoms with E-state index in [1.165, 1.54) is 6.42 Å². The zero-order valence-corrected chi connectivity index (χ0v) is 5.41. The lowest BCUT2D eigenvalue weighted by Gasteiger charge is -2.40. The largest absolute Gasteiger partial charge is 0.314 e. The van der Waals surface area contributed by atoms with Gasteiger partial charge in [-0.1, -0.05) is 0 Å². The molecule has 0 aromatic rings. The first-order chi connectivity index (χ1) is 3.88. The molecule has 0 aromatic carbocycles. The van der Waals surface area contributed by atoms with E-state index in [9.17, 15) is 4.21 Å². The second kappa shape index (κ2) is 1.54. The molecule has 0 aromatic heterocycles. The van der Waals surface area contributed by atoms with Crippen LogP contribution in [0.25, 0.3) is 0 Å². The zero-order chi connectivity index (χ0) is 5.56. The maximum absolute atomic E-state index is 10.9. The highest BCUT2D eigenvalue weighted by Crippen LogP contribution is 2.27. The average molecular weight is 131 g/mol. The molecule has 3 heteroatoms. The Hall–Kier alpha value is 0.110. The van der Waals surface area contributed by atoms with Crippen LogP contribution in [-0.2, 0) is 10.8 Å². The van der Waals surface area contributed by atoms with Crippen LogP contribution in [0.1, 0.15) is 6.42 Å². The third kappa shape index (κ3) is 0.486. The van der Waals surface area contributed by atoms with Gasteiger partial charge in [0.15, 0.2) is 0 Å². The molecule has 46 valence electrons. The van der Waals surface area contributed by atoms with E-state index in [1.54, 1.807) is 0 Å². The lowest BCUT2D eigenvalue weighted by atomic mass is 10.1. The van der Waals surface area contributed by atoms with Gasteiger partial charge >= 0.3 is 0 Å². The van der Waals surface area contributed by atoms with Crippen LogP contribution in [0.15, 0.2) is 0 Å². The molecule has 0 saturated carbocycles. The van der Waals surface area contributed by atoms with Crippen molar-refractivity contribution in [3.8, 4) is 0 Å². The van der Waals surface area contributed by atoms with E-state index in [4.69, 9.17) is 0 Å². The van der Waals surface area contributed by atoms with Gasteiger partial charge in [0.2, 0.25) is 0 Å². The zero-order valence-electron chi connectivity index (χ0n) is 4.59. The van der Waals surface area contributed by atoms with Crippen LogP contribution >= 0.6 is 0 Å². The summed E-state index contributed by atoms with van der Waals surface area (Å²) in [5, 5.41) is 4.24. The van der Waals surface area contributed by atoms with Crippen LogP contribution in [-0.4, -0.2) is 27.8 Å². The van der Waals surface area contributed by atoms with E-state index in [2.05, 4.69) is 5.32 Å². The predicted octanol–water partition coefficient (Wildman–Crippen LogP) is -0.521. The lowest BCUT2D eigenvalue weighted by Crippen LogP contribution is -2.57.